The minimum atomic E-state index is -1.09. The third-order valence-corrected chi connectivity index (χ3v) is 3.20. The number of oxazole rings is 1. The average Bonchev–Trinajstić information content (AvgIpc) is 2.97. The Bertz CT molecular complexity index is 516. The molecule has 0 atom stereocenters. The number of carboxylic acid groups (broad SMARTS) is 1. The van der Waals surface area contributed by atoms with Gasteiger partial charge in [-0.1, -0.05) is 63.9 Å². The number of rotatable bonds is 4. The van der Waals surface area contributed by atoms with Crippen LogP contribution in [0.4, 0.5) is 0 Å². The van der Waals surface area contributed by atoms with Gasteiger partial charge in [0.25, 0.3) is 0 Å². The molecule has 4 heteroatoms. The van der Waals surface area contributed by atoms with E-state index in [0.717, 1.165) is 12.3 Å². The molecule has 0 fully saturated rings. The lowest BCUT2D eigenvalue weighted by Crippen LogP contribution is -1.98. The lowest BCUT2D eigenvalue weighted by atomic mass is 10.1. The molecule has 4 nitrogen and oxygen atoms in total. The van der Waals surface area contributed by atoms with Crippen molar-refractivity contribution >= 4 is 5.97 Å². The summed E-state index contributed by atoms with van der Waals surface area (Å²) in [6, 6.07) is 9.01. The highest BCUT2D eigenvalue weighted by Crippen LogP contribution is 2.22. The van der Waals surface area contributed by atoms with E-state index in [0.29, 0.717) is 5.56 Å². The summed E-state index contributed by atoms with van der Waals surface area (Å²) >= 11 is 0. The number of carboxylic acids is 1. The molecule has 0 radical (unpaired) electrons. The first-order valence-corrected chi connectivity index (χ1v) is 6.82. The molecule has 0 aliphatic rings. The summed E-state index contributed by atoms with van der Waals surface area (Å²) in [6.45, 7) is 6.74. The van der Waals surface area contributed by atoms with Crippen molar-refractivity contribution in [3.63, 3.8) is 0 Å². The summed E-state index contributed by atoms with van der Waals surface area (Å²) < 4.78 is 5.02. The number of aromatic carboxylic acids is 1. The average molecular weight is 275 g/mol. The first-order valence-electron chi connectivity index (χ1n) is 6.82. The highest BCUT2D eigenvalue weighted by Gasteiger charge is 2.16. The van der Waals surface area contributed by atoms with Crippen molar-refractivity contribution in [3.8, 4) is 11.3 Å². The number of aromatic nitrogens is 1. The van der Waals surface area contributed by atoms with Crippen molar-refractivity contribution < 1.29 is 14.3 Å². The molecule has 1 aromatic heterocycles. The van der Waals surface area contributed by atoms with Crippen LogP contribution in [0.1, 0.15) is 44.1 Å². The van der Waals surface area contributed by atoms with E-state index in [4.69, 9.17) is 9.52 Å². The number of hydrogen-bond acceptors (Lipinski definition) is 3. The maximum atomic E-state index is 10.7. The van der Waals surface area contributed by atoms with Crippen LogP contribution in [0.5, 0.6) is 0 Å². The number of hydrogen-bond donors (Lipinski definition) is 1. The van der Waals surface area contributed by atoms with E-state index in [1.807, 2.05) is 18.2 Å². The highest BCUT2D eigenvalue weighted by molar-refractivity contribution is 5.91. The second kappa shape index (κ2) is 8.15. The van der Waals surface area contributed by atoms with Crippen LogP contribution in [-0.2, 0) is 0 Å². The van der Waals surface area contributed by atoms with Crippen LogP contribution in [0.2, 0.25) is 0 Å². The molecule has 0 spiro atoms. The van der Waals surface area contributed by atoms with Crippen LogP contribution in [0.15, 0.2) is 41.1 Å². The molecule has 0 bridgehead atoms. The van der Waals surface area contributed by atoms with Crippen molar-refractivity contribution in [2.45, 2.75) is 33.6 Å². The summed E-state index contributed by atoms with van der Waals surface area (Å²) in [6.07, 6.45) is 3.79. The third-order valence-electron chi connectivity index (χ3n) is 3.20. The lowest BCUT2D eigenvalue weighted by Gasteiger charge is -1.98. The Hall–Kier alpha value is -2.10. The van der Waals surface area contributed by atoms with Gasteiger partial charge in [0.05, 0.1) is 0 Å². The molecular formula is C16H21NO3. The molecule has 1 aromatic carbocycles. The molecule has 0 aliphatic carbocycles. The first kappa shape index (κ1) is 16.0. The van der Waals surface area contributed by atoms with E-state index in [1.165, 1.54) is 12.8 Å². The van der Waals surface area contributed by atoms with Gasteiger partial charge < -0.3 is 9.52 Å². The molecule has 0 saturated heterocycles. The van der Waals surface area contributed by atoms with Gasteiger partial charge in [-0.25, -0.2) is 9.78 Å². The first-order chi connectivity index (χ1) is 9.60. The molecule has 0 saturated carbocycles. The maximum absolute atomic E-state index is 10.7. The van der Waals surface area contributed by atoms with E-state index in [9.17, 15) is 4.79 Å². The standard InChI is InChI=1S/C10H7NO3.C6H14/c12-10(13)8-9(14-6-11-8)7-4-2-1-3-5-7;1-4-6(3)5-2/h1-6H,(H,12,13);6H,4-5H2,1-3H3. The van der Waals surface area contributed by atoms with Crippen molar-refractivity contribution in [3.05, 3.63) is 42.4 Å². The van der Waals surface area contributed by atoms with Gasteiger partial charge in [0.2, 0.25) is 0 Å². The van der Waals surface area contributed by atoms with Gasteiger partial charge in [0, 0.05) is 5.56 Å². The smallest absolute Gasteiger partial charge is 0.358 e. The van der Waals surface area contributed by atoms with Crippen LogP contribution in [-0.4, -0.2) is 16.1 Å². The highest BCUT2D eigenvalue weighted by atomic mass is 16.4. The topological polar surface area (TPSA) is 63.3 Å². The zero-order chi connectivity index (χ0) is 15.0. The van der Waals surface area contributed by atoms with E-state index < -0.39 is 5.97 Å². The Kier molecular flexibility index (Phi) is 6.50. The second-order valence-electron chi connectivity index (χ2n) is 4.62. The van der Waals surface area contributed by atoms with Crippen molar-refractivity contribution in [1.82, 2.24) is 4.98 Å². The molecular weight excluding hydrogens is 254 g/mol. The predicted molar refractivity (Wildman–Crippen MR) is 78.6 cm³/mol. The second-order valence-corrected chi connectivity index (χ2v) is 4.62. The Morgan fingerprint density at radius 1 is 1.25 bits per heavy atom. The van der Waals surface area contributed by atoms with Crippen molar-refractivity contribution in [2.24, 2.45) is 5.92 Å². The molecule has 1 N–H and O–H groups in total. The van der Waals surface area contributed by atoms with Crippen LogP contribution < -0.4 is 0 Å². The minimum Gasteiger partial charge on any atom is -0.476 e. The fraction of sp³-hybridized carbons (Fsp3) is 0.375. The monoisotopic (exact) mass is 275 g/mol. The Balaban J connectivity index is 0.000000286. The SMILES string of the molecule is CCC(C)CC.O=C(O)c1ncoc1-c1ccccc1. The van der Waals surface area contributed by atoms with Gasteiger partial charge in [-0.15, -0.1) is 0 Å². The van der Waals surface area contributed by atoms with Gasteiger partial charge in [0.15, 0.2) is 17.8 Å². The quantitative estimate of drug-likeness (QED) is 0.893. The van der Waals surface area contributed by atoms with Gasteiger partial charge in [-0.05, 0) is 5.92 Å². The van der Waals surface area contributed by atoms with Crippen LogP contribution in [0.25, 0.3) is 11.3 Å². The number of nitrogens with zero attached hydrogens (tertiary/aromatic N) is 1. The minimum absolute atomic E-state index is 0.0591. The Morgan fingerprint density at radius 3 is 2.30 bits per heavy atom. The van der Waals surface area contributed by atoms with Crippen LogP contribution in [0, 0.1) is 5.92 Å². The summed E-state index contributed by atoms with van der Waals surface area (Å²) in [4.78, 5) is 14.4. The fourth-order valence-electron chi connectivity index (χ4n) is 1.48. The normalized spacial score (nSPS) is 10.0. The Morgan fingerprint density at radius 2 is 1.85 bits per heavy atom. The zero-order valence-corrected chi connectivity index (χ0v) is 12.2. The lowest BCUT2D eigenvalue weighted by molar-refractivity contribution is 0.0691. The van der Waals surface area contributed by atoms with E-state index >= 15 is 0 Å². The van der Waals surface area contributed by atoms with Crippen LogP contribution >= 0.6 is 0 Å². The van der Waals surface area contributed by atoms with Gasteiger partial charge >= 0.3 is 5.97 Å². The molecule has 1 heterocycles. The number of carbonyl (C=O) groups is 1. The molecule has 20 heavy (non-hydrogen) atoms. The molecule has 108 valence electrons. The van der Waals surface area contributed by atoms with Crippen molar-refractivity contribution in [1.29, 1.82) is 0 Å². The summed E-state index contributed by atoms with van der Waals surface area (Å²) in [5.41, 5.74) is 0.651. The molecule has 2 rings (SSSR count). The maximum Gasteiger partial charge on any atom is 0.358 e. The molecule has 2 aromatic rings. The van der Waals surface area contributed by atoms with E-state index in [-0.39, 0.29) is 11.5 Å². The van der Waals surface area contributed by atoms with Crippen molar-refractivity contribution in [2.75, 3.05) is 0 Å². The van der Waals surface area contributed by atoms with E-state index in [1.54, 1.807) is 12.1 Å². The molecule has 0 unspecified atom stereocenters. The van der Waals surface area contributed by atoms with Gasteiger partial charge in [-0.3, -0.25) is 0 Å². The summed E-state index contributed by atoms with van der Waals surface area (Å²) in [5.74, 6) is 0.140. The third kappa shape index (κ3) is 4.53. The molecule has 0 amide bonds. The zero-order valence-electron chi connectivity index (χ0n) is 12.2. The summed E-state index contributed by atoms with van der Waals surface area (Å²) in [7, 11) is 0. The molecule has 0 aliphatic heterocycles. The van der Waals surface area contributed by atoms with Gasteiger partial charge in [0.1, 0.15) is 0 Å². The number of benzene rings is 1. The largest absolute Gasteiger partial charge is 0.476 e. The Labute approximate surface area is 119 Å². The predicted octanol–water partition coefficient (Wildman–Crippen LogP) is 4.48. The summed E-state index contributed by atoms with van der Waals surface area (Å²) in [5, 5.41) is 8.79. The fourth-order valence-corrected chi connectivity index (χ4v) is 1.48. The van der Waals surface area contributed by atoms with Crippen LogP contribution in [0.3, 0.4) is 0 Å². The van der Waals surface area contributed by atoms with Gasteiger partial charge in [-0.2, -0.15) is 0 Å². The van der Waals surface area contributed by atoms with E-state index in [2.05, 4.69) is 25.8 Å².